The number of ether oxygens (including phenoxy) is 3. The first-order valence-electron chi connectivity index (χ1n) is 11.2. The molecule has 0 fully saturated rings. The highest BCUT2D eigenvalue weighted by Gasteiger charge is 2.23. The number of amides is 1. The third-order valence-corrected chi connectivity index (χ3v) is 5.65. The van der Waals surface area contributed by atoms with Crippen molar-refractivity contribution in [1.82, 2.24) is 9.36 Å². The number of fused-ring (bicyclic) bond motifs is 1. The lowest BCUT2D eigenvalue weighted by Crippen LogP contribution is -2.33. The van der Waals surface area contributed by atoms with Crippen molar-refractivity contribution in [1.29, 1.82) is 0 Å². The van der Waals surface area contributed by atoms with Crippen LogP contribution < -0.4 is 20.3 Å². The van der Waals surface area contributed by atoms with Crippen LogP contribution in [0.4, 0.5) is 5.69 Å². The molecule has 0 bridgehead atoms. The minimum absolute atomic E-state index is 0.106. The average molecular weight is 495 g/mol. The highest BCUT2D eigenvalue weighted by molar-refractivity contribution is 5.99. The van der Waals surface area contributed by atoms with Gasteiger partial charge in [-0.15, -0.1) is 0 Å². The molecule has 0 saturated carbocycles. The predicted octanol–water partition coefficient (Wildman–Crippen LogP) is 2.52. The Hall–Kier alpha value is -4.54. The van der Waals surface area contributed by atoms with Crippen LogP contribution in [0.25, 0.3) is 5.69 Å². The number of nitrogens with zero attached hydrogens (tertiary/aromatic N) is 3. The number of benzene rings is 2. The summed E-state index contributed by atoms with van der Waals surface area (Å²) in [5.74, 6) is -0.181. The highest BCUT2D eigenvalue weighted by atomic mass is 16.7. The van der Waals surface area contributed by atoms with Crippen molar-refractivity contribution in [3.05, 3.63) is 70.1 Å². The maximum absolute atomic E-state index is 12.9. The third-order valence-electron chi connectivity index (χ3n) is 5.65. The number of oxime groups is 1. The van der Waals surface area contributed by atoms with Gasteiger partial charge in [0.1, 0.15) is 5.69 Å². The quantitative estimate of drug-likeness (QED) is 0.290. The molecule has 3 aromatic rings. The smallest absolute Gasteiger partial charge is 0.347 e. The Morgan fingerprint density at radius 3 is 2.61 bits per heavy atom. The van der Waals surface area contributed by atoms with Gasteiger partial charge in [0.15, 0.2) is 17.6 Å². The Balaban J connectivity index is 1.33. The minimum Gasteiger partial charge on any atom is -0.454 e. The van der Waals surface area contributed by atoms with E-state index in [2.05, 4.69) is 10.5 Å². The van der Waals surface area contributed by atoms with Gasteiger partial charge >= 0.3 is 5.97 Å². The molecule has 1 unspecified atom stereocenters. The first-order chi connectivity index (χ1) is 17.3. The highest BCUT2D eigenvalue weighted by Crippen LogP contribution is 2.32. The Labute approximate surface area is 206 Å². The van der Waals surface area contributed by atoms with E-state index in [1.807, 2.05) is 18.2 Å². The molecule has 0 saturated heterocycles. The molecular weight excluding hydrogens is 468 g/mol. The maximum atomic E-state index is 12.9. The van der Waals surface area contributed by atoms with Crippen LogP contribution in [0.2, 0.25) is 0 Å². The van der Waals surface area contributed by atoms with Crippen LogP contribution in [-0.2, 0) is 26.2 Å². The van der Waals surface area contributed by atoms with Gasteiger partial charge in [-0.05, 0) is 51.1 Å². The molecule has 0 radical (unpaired) electrons. The van der Waals surface area contributed by atoms with Crippen molar-refractivity contribution < 1.29 is 28.6 Å². The van der Waals surface area contributed by atoms with Crippen molar-refractivity contribution in [2.75, 3.05) is 18.7 Å². The Morgan fingerprint density at radius 2 is 1.86 bits per heavy atom. The van der Waals surface area contributed by atoms with E-state index >= 15 is 0 Å². The zero-order valence-electron chi connectivity index (χ0n) is 20.3. The summed E-state index contributed by atoms with van der Waals surface area (Å²) in [6.07, 6.45) is -1.16. The lowest BCUT2D eigenvalue weighted by Gasteiger charge is -2.12. The summed E-state index contributed by atoms with van der Waals surface area (Å²) in [7, 11) is 1.71. The Bertz CT molecular complexity index is 1380. The maximum Gasteiger partial charge on any atom is 0.347 e. The number of carbonyl (C=O) groups is 2. The van der Waals surface area contributed by atoms with Crippen LogP contribution in [0, 0.1) is 6.92 Å². The van der Waals surface area contributed by atoms with Crippen molar-refractivity contribution in [3.63, 3.8) is 0 Å². The lowest BCUT2D eigenvalue weighted by molar-refractivity contribution is -0.157. The van der Waals surface area contributed by atoms with Crippen LogP contribution in [0.1, 0.15) is 25.1 Å². The molecule has 0 spiro atoms. The number of carbonyl (C=O) groups excluding carboxylic acids is 2. The number of aromatic nitrogens is 2. The van der Waals surface area contributed by atoms with Gasteiger partial charge in [0.2, 0.25) is 13.4 Å². The van der Waals surface area contributed by atoms with E-state index in [1.54, 1.807) is 55.9 Å². The average Bonchev–Trinajstić information content (AvgIpc) is 3.42. The largest absolute Gasteiger partial charge is 0.454 e. The van der Waals surface area contributed by atoms with Gasteiger partial charge in [-0.3, -0.25) is 14.3 Å². The SMILES string of the molecule is C/C(=N\OCC(=O)OC(C)C(=O)Nc1c(C)n(C)n(-c2ccccc2)c1=O)c1ccc2c(c1)OCO2. The van der Waals surface area contributed by atoms with Gasteiger partial charge < -0.3 is 24.4 Å². The molecule has 1 aliphatic heterocycles. The van der Waals surface area contributed by atoms with E-state index in [9.17, 15) is 14.4 Å². The van der Waals surface area contributed by atoms with E-state index in [0.29, 0.717) is 28.6 Å². The van der Waals surface area contributed by atoms with Crippen LogP contribution in [-0.4, -0.2) is 46.5 Å². The molecule has 36 heavy (non-hydrogen) atoms. The van der Waals surface area contributed by atoms with Gasteiger partial charge in [-0.1, -0.05) is 23.4 Å². The van der Waals surface area contributed by atoms with Gasteiger partial charge in [-0.25, -0.2) is 9.48 Å². The van der Waals surface area contributed by atoms with Gasteiger partial charge in [0.25, 0.3) is 11.5 Å². The first-order valence-corrected chi connectivity index (χ1v) is 11.2. The number of anilines is 1. The number of nitrogens with one attached hydrogen (secondary N) is 1. The number of hydrogen-bond donors (Lipinski definition) is 1. The van der Waals surface area contributed by atoms with Crippen molar-refractivity contribution in [2.24, 2.45) is 12.2 Å². The summed E-state index contributed by atoms with van der Waals surface area (Å²) in [5.41, 5.74) is 2.16. The number of para-hydroxylation sites is 1. The van der Waals surface area contributed by atoms with Crippen molar-refractivity contribution in [3.8, 4) is 17.2 Å². The normalized spacial score (nSPS) is 13.3. The molecule has 2 heterocycles. The molecule has 11 nitrogen and oxygen atoms in total. The summed E-state index contributed by atoms with van der Waals surface area (Å²) < 4.78 is 18.8. The third kappa shape index (κ3) is 5.09. The second-order valence-electron chi connectivity index (χ2n) is 8.08. The molecular formula is C25H26N4O7. The van der Waals surface area contributed by atoms with Crippen LogP contribution >= 0.6 is 0 Å². The van der Waals surface area contributed by atoms with Gasteiger partial charge in [0, 0.05) is 12.6 Å². The van der Waals surface area contributed by atoms with Crippen LogP contribution in [0.15, 0.2) is 58.5 Å². The monoisotopic (exact) mass is 494 g/mol. The summed E-state index contributed by atoms with van der Waals surface area (Å²) >= 11 is 0. The molecule has 188 valence electrons. The summed E-state index contributed by atoms with van der Waals surface area (Å²) in [4.78, 5) is 42.8. The molecule has 1 N–H and O–H groups in total. The molecule has 1 amide bonds. The first kappa shape index (κ1) is 24.6. The topological polar surface area (TPSA) is 122 Å². The molecule has 1 aromatic heterocycles. The van der Waals surface area contributed by atoms with Gasteiger partial charge in [-0.2, -0.15) is 0 Å². The van der Waals surface area contributed by atoms with E-state index in [-0.39, 0.29) is 12.5 Å². The Morgan fingerprint density at radius 1 is 1.14 bits per heavy atom. The summed E-state index contributed by atoms with van der Waals surface area (Å²) in [5, 5.41) is 6.49. The molecule has 1 aliphatic rings. The van der Waals surface area contributed by atoms with Crippen LogP contribution in [0.3, 0.4) is 0 Å². The van der Waals surface area contributed by atoms with Gasteiger partial charge in [0.05, 0.1) is 17.1 Å². The number of esters is 1. The predicted molar refractivity (Wildman–Crippen MR) is 131 cm³/mol. The molecule has 11 heteroatoms. The van der Waals surface area contributed by atoms with Crippen molar-refractivity contribution >= 4 is 23.3 Å². The van der Waals surface area contributed by atoms with E-state index in [0.717, 1.165) is 5.56 Å². The fraction of sp³-hybridized carbons (Fsp3) is 0.280. The van der Waals surface area contributed by atoms with Crippen LogP contribution in [0.5, 0.6) is 11.5 Å². The molecule has 2 aromatic carbocycles. The van der Waals surface area contributed by atoms with E-state index in [1.165, 1.54) is 11.6 Å². The summed E-state index contributed by atoms with van der Waals surface area (Å²) in [6.45, 7) is 4.49. The molecule has 4 rings (SSSR count). The lowest BCUT2D eigenvalue weighted by atomic mass is 10.1. The van der Waals surface area contributed by atoms with Crippen molar-refractivity contribution in [2.45, 2.75) is 26.9 Å². The zero-order valence-corrected chi connectivity index (χ0v) is 20.3. The Kier molecular flexibility index (Phi) is 7.09. The minimum atomic E-state index is -1.16. The fourth-order valence-corrected chi connectivity index (χ4v) is 3.58. The molecule has 1 atom stereocenters. The number of rotatable bonds is 8. The summed E-state index contributed by atoms with van der Waals surface area (Å²) in [6, 6.07) is 14.3. The van der Waals surface area contributed by atoms with E-state index in [4.69, 9.17) is 19.0 Å². The second kappa shape index (κ2) is 10.4. The standard InChI is InChI=1S/C25H26N4O7/c1-15(18-10-11-20-21(12-18)34-14-33-20)27-35-13-22(30)36-17(3)24(31)26-23-16(2)28(4)29(25(23)32)19-8-6-5-7-9-19/h5-12,17H,13-14H2,1-4H3,(H,26,31)/b27-15+. The second-order valence-corrected chi connectivity index (χ2v) is 8.08. The molecule has 0 aliphatic carbocycles. The fourth-order valence-electron chi connectivity index (χ4n) is 3.58. The van der Waals surface area contributed by atoms with E-state index < -0.39 is 30.1 Å². The zero-order chi connectivity index (χ0) is 25.8. The number of hydrogen-bond acceptors (Lipinski definition) is 8.